The van der Waals surface area contributed by atoms with Crippen molar-refractivity contribution in [2.75, 3.05) is 6.54 Å². The van der Waals surface area contributed by atoms with Crippen LogP contribution in [0.2, 0.25) is 0 Å². The van der Waals surface area contributed by atoms with Crippen LogP contribution in [-0.4, -0.2) is 34.3 Å². The van der Waals surface area contributed by atoms with Crippen molar-refractivity contribution in [3.05, 3.63) is 29.3 Å². The highest BCUT2D eigenvalue weighted by Crippen LogP contribution is 2.52. The number of aryl methyl sites for hydroxylation is 1. The van der Waals surface area contributed by atoms with E-state index in [9.17, 15) is 9.90 Å². The molecule has 1 aliphatic heterocycles. The van der Waals surface area contributed by atoms with E-state index in [1.165, 1.54) is 5.56 Å². The number of hydrogen-bond donors (Lipinski definition) is 1. The average Bonchev–Trinajstić information content (AvgIpc) is 2.43. The van der Waals surface area contributed by atoms with Crippen LogP contribution in [0.1, 0.15) is 66.0 Å². The van der Waals surface area contributed by atoms with Gasteiger partial charge in [-0.1, -0.05) is 26.8 Å². The summed E-state index contributed by atoms with van der Waals surface area (Å²) < 4.78 is 5.61. The number of aromatic hydroxyl groups is 1. The fourth-order valence-electron chi connectivity index (χ4n) is 4.03. The zero-order chi connectivity index (χ0) is 19.2. The number of carbonyl (C=O) groups is 1. The molecule has 2 rings (SSSR count). The Labute approximate surface area is 152 Å². The van der Waals surface area contributed by atoms with Gasteiger partial charge in [0.1, 0.15) is 11.4 Å². The number of ether oxygens (including phenoxy) is 1. The van der Waals surface area contributed by atoms with Crippen molar-refractivity contribution in [1.82, 2.24) is 4.90 Å². The van der Waals surface area contributed by atoms with Crippen LogP contribution in [0.15, 0.2) is 18.2 Å². The minimum absolute atomic E-state index is 0.0364. The van der Waals surface area contributed by atoms with E-state index in [0.29, 0.717) is 12.3 Å². The van der Waals surface area contributed by atoms with Gasteiger partial charge in [0.2, 0.25) is 0 Å². The van der Waals surface area contributed by atoms with Crippen LogP contribution >= 0.6 is 0 Å². The molecule has 4 nitrogen and oxygen atoms in total. The van der Waals surface area contributed by atoms with Crippen LogP contribution in [0.5, 0.6) is 5.75 Å². The van der Waals surface area contributed by atoms with Crippen molar-refractivity contribution in [3.8, 4) is 5.75 Å². The molecule has 0 bridgehead atoms. The Kier molecular flexibility index (Phi) is 4.88. The molecule has 0 radical (unpaired) electrons. The van der Waals surface area contributed by atoms with Crippen molar-refractivity contribution in [1.29, 1.82) is 0 Å². The predicted molar refractivity (Wildman–Crippen MR) is 101 cm³/mol. The van der Waals surface area contributed by atoms with E-state index >= 15 is 0 Å². The van der Waals surface area contributed by atoms with Crippen LogP contribution in [0.25, 0.3) is 0 Å². The highest BCUT2D eigenvalue weighted by atomic mass is 16.6. The number of phenolic OH excluding ortho intramolecular Hbond substituents is 1. The maximum absolute atomic E-state index is 12.6. The number of hydrogen-bond acceptors (Lipinski definition) is 3. The van der Waals surface area contributed by atoms with Crippen molar-refractivity contribution in [2.24, 2.45) is 5.41 Å². The quantitative estimate of drug-likeness (QED) is 0.776. The molecule has 1 heterocycles. The molecule has 0 aliphatic carbocycles. The van der Waals surface area contributed by atoms with Crippen molar-refractivity contribution in [3.63, 3.8) is 0 Å². The smallest absolute Gasteiger partial charge is 0.410 e. The lowest BCUT2D eigenvalue weighted by atomic mass is 9.55. The lowest BCUT2D eigenvalue weighted by Gasteiger charge is -2.56. The van der Waals surface area contributed by atoms with Gasteiger partial charge in [-0.3, -0.25) is 0 Å². The molecule has 0 unspecified atom stereocenters. The van der Waals surface area contributed by atoms with Gasteiger partial charge in [-0.25, -0.2) is 4.79 Å². The van der Waals surface area contributed by atoms with Gasteiger partial charge in [-0.15, -0.1) is 0 Å². The van der Waals surface area contributed by atoms with Gasteiger partial charge < -0.3 is 14.7 Å². The summed E-state index contributed by atoms with van der Waals surface area (Å²) in [5.41, 5.74) is 1.60. The minimum Gasteiger partial charge on any atom is -0.508 e. The zero-order valence-corrected chi connectivity index (χ0v) is 16.9. The van der Waals surface area contributed by atoms with Gasteiger partial charge in [-0.2, -0.15) is 0 Å². The molecule has 25 heavy (non-hydrogen) atoms. The summed E-state index contributed by atoms with van der Waals surface area (Å²) in [4.78, 5) is 14.5. The van der Waals surface area contributed by atoms with Crippen LogP contribution in [-0.2, 0) is 10.2 Å². The monoisotopic (exact) mass is 347 g/mol. The van der Waals surface area contributed by atoms with Crippen LogP contribution in [0, 0.1) is 12.3 Å². The molecule has 1 aliphatic rings. The number of carbonyl (C=O) groups excluding carboxylic acids is 1. The fourth-order valence-corrected chi connectivity index (χ4v) is 4.03. The van der Waals surface area contributed by atoms with Crippen LogP contribution < -0.4 is 0 Å². The molecule has 1 N–H and O–H groups in total. The number of phenols is 1. The predicted octanol–water partition coefficient (Wildman–Crippen LogP) is 5.01. The third-order valence-electron chi connectivity index (χ3n) is 6.22. The number of likely N-dealkylation sites (tertiary alicyclic amines) is 1. The second-order valence-electron chi connectivity index (χ2n) is 9.15. The highest BCUT2D eigenvalue weighted by Gasteiger charge is 2.52. The topological polar surface area (TPSA) is 49.8 Å². The third kappa shape index (κ3) is 3.49. The molecule has 1 aromatic carbocycles. The molecular formula is C21H33NO3. The molecule has 1 saturated heterocycles. The van der Waals surface area contributed by atoms with E-state index in [-0.39, 0.29) is 23.0 Å². The van der Waals surface area contributed by atoms with Gasteiger partial charge >= 0.3 is 6.09 Å². The van der Waals surface area contributed by atoms with Gasteiger partial charge in [-0.05, 0) is 69.7 Å². The first kappa shape index (κ1) is 19.6. The molecule has 0 saturated carbocycles. The first-order valence-corrected chi connectivity index (χ1v) is 9.09. The molecule has 4 heteroatoms. The molecule has 2 atom stereocenters. The van der Waals surface area contributed by atoms with E-state index in [1.807, 2.05) is 44.7 Å². The molecule has 0 spiro atoms. The third-order valence-corrected chi connectivity index (χ3v) is 6.22. The minimum atomic E-state index is -0.491. The van der Waals surface area contributed by atoms with Gasteiger partial charge in [0.25, 0.3) is 0 Å². The van der Waals surface area contributed by atoms with E-state index in [2.05, 4.69) is 27.7 Å². The summed E-state index contributed by atoms with van der Waals surface area (Å²) in [6.07, 6.45) is 0.618. The van der Waals surface area contributed by atoms with Crippen LogP contribution in [0.4, 0.5) is 4.79 Å². The number of rotatable bonds is 1. The molecule has 1 aromatic rings. The first-order chi connectivity index (χ1) is 11.3. The Hall–Kier alpha value is -1.71. The maximum atomic E-state index is 12.6. The number of piperidine rings is 1. The van der Waals surface area contributed by atoms with E-state index in [4.69, 9.17) is 4.74 Å². The van der Waals surface area contributed by atoms with Crippen molar-refractivity contribution < 1.29 is 14.6 Å². The van der Waals surface area contributed by atoms with Gasteiger partial charge in [0, 0.05) is 18.0 Å². The van der Waals surface area contributed by atoms with Crippen molar-refractivity contribution >= 4 is 6.09 Å². The summed E-state index contributed by atoms with van der Waals surface area (Å²) in [6, 6.07) is 5.65. The summed E-state index contributed by atoms with van der Waals surface area (Å²) in [5, 5.41) is 9.76. The zero-order valence-electron chi connectivity index (χ0n) is 16.9. The Balaban J connectivity index is 2.36. The Morgan fingerprint density at radius 2 is 1.88 bits per heavy atom. The molecular weight excluding hydrogens is 314 g/mol. The van der Waals surface area contributed by atoms with Crippen LogP contribution in [0.3, 0.4) is 0 Å². The molecule has 1 amide bonds. The molecule has 140 valence electrons. The summed E-state index contributed by atoms with van der Waals surface area (Å²) in [7, 11) is 0. The van der Waals surface area contributed by atoms with Crippen molar-refractivity contribution in [2.45, 2.75) is 78.9 Å². The van der Waals surface area contributed by atoms with E-state index in [1.54, 1.807) is 6.07 Å². The SMILES string of the molecule is Cc1cc(O)ccc1[C@]1(C)CCN(C(=O)OC(C)(C)C)[C@H](C)C1(C)C. The number of amides is 1. The average molecular weight is 347 g/mol. The number of benzene rings is 1. The largest absolute Gasteiger partial charge is 0.508 e. The second kappa shape index (κ2) is 6.22. The Morgan fingerprint density at radius 3 is 2.40 bits per heavy atom. The first-order valence-electron chi connectivity index (χ1n) is 9.09. The van der Waals surface area contributed by atoms with Gasteiger partial charge in [0.05, 0.1) is 0 Å². The summed E-state index contributed by atoms with van der Waals surface area (Å²) in [6.45, 7) is 17.2. The van der Waals surface area contributed by atoms with Gasteiger partial charge in [0.15, 0.2) is 0 Å². The lowest BCUT2D eigenvalue weighted by molar-refractivity contribution is -0.0397. The summed E-state index contributed by atoms with van der Waals surface area (Å²) in [5.74, 6) is 0.293. The Bertz CT molecular complexity index is 660. The molecule has 1 fully saturated rings. The van der Waals surface area contributed by atoms with E-state index < -0.39 is 5.60 Å². The second-order valence-corrected chi connectivity index (χ2v) is 9.15. The fraction of sp³-hybridized carbons (Fsp3) is 0.667. The Morgan fingerprint density at radius 1 is 1.28 bits per heavy atom. The number of nitrogens with zero attached hydrogens (tertiary/aromatic N) is 1. The molecule has 0 aromatic heterocycles. The standard InChI is InChI=1S/C21H33NO3/c1-14-13-16(23)9-10-17(14)21(8)11-12-22(15(2)20(21,6)7)18(24)25-19(3,4)5/h9-10,13,15,23H,11-12H2,1-8H3/t15-,21+/m1/s1. The summed E-state index contributed by atoms with van der Waals surface area (Å²) >= 11 is 0. The highest BCUT2D eigenvalue weighted by molar-refractivity contribution is 5.69. The van der Waals surface area contributed by atoms with E-state index in [0.717, 1.165) is 12.0 Å². The normalized spacial score (nSPS) is 26.4. The lowest BCUT2D eigenvalue weighted by Crippen LogP contribution is -2.61. The maximum Gasteiger partial charge on any atom is 0.410 e.